The molecule has 3 fully saturated rings. The van der Waals surface area contributed by atoms with Crippen molar-refractivity contribution in [1.29, 1.82) is 0 Å². The molecule has 1 heterocycles. The summed E-state index contributed by atoms with van der Waals surface area (Å²) in [5, 5.41) is 13.0. The van der Waals surface area contributed by atoms with Gasteiger partial charge >= 0.3 is 18.3 Å². The fourth-order valence-electron chi connectivity index (χ4n) is 7.31. The number of hydrogen-bond acceptors (Lipinski definition) is 4. The summed E-state index contributed by atoms with van der Waals surface area (Å²) in [4.78, 5) is 40.0. The minimum absolute atomic E-state index is 0.0468. The molecule has 3 aliphatic carbocycles. The van der Waals surface area contributed by atoms with Crippen molar-refractivity contribution in [3.8, 4) is 0 Å². The number of carboxylic acids is 1. The third-order valence-corrected chi connectivity index (χ3v) is 10.5. The molecule has 1 aromatic heterocycles. The normalized spacial score (nSPS) is 28.0. The molecule has 1 aromatic carbocycles. The van der Waals surface area contributed by atoms with Crippen LogP contribution >= 0.6 is 11.6 Å². The standard InChI is InChI=1S/C30H32ClF6N3O4/c1-27(2)19-11-16(12-20(19)27)39(14-22(41)23-18(29(32,33)34)5-4-6-21(23)31)25(42)17-13-38-40(24(17)30(35,36)37)15-7-9-28(3,10-8-15)26(43)44/h4-6,13,15-16,19-20H,7-12,14H2,1-3H3,(H,43,44)/t15?,16?,19-,20+,28?. The van der Waals surface area contributed by atoms with Crippen LogP contribution in [0.5, 0.6) is 0 Å². The molecular weight excluding hydrogens is 616 g/mol. The summed E-state index contributed by atoms with van der Waals surface area (Å²) in [5.74, 6) is -3.04. The second kappa shape index (κ2) is 10.8. The third kappa shape index (κ3) is 5.60. The first-order chi connectivity index (χ1) is 20.3. The van der Waals surface area contributed by atoms with Gasteiger partial charge in [0, 0.05) is 6.04 Å². The number of aliphatic carboxylic acids is 1. The molecule has 44 heavy (non-hydrogen) atoms. The van der Waals surface area contributed by atoms with Crippen LogP contribution in [0.1, 0.15) is 97.3 Å². The van der Waals surface area contributed by atoms with Gasteiger partial charge in [-0.2, -0.15) is 31.4 Å². The number of ketones is 1. The number of amides is 1. The number of fused-ring (bicyclic) bond motifs is 1. The molecule has 0 radical (unpaired) electrons. The number of halogens is 7. The number of carbonyl (C=O) groups is 3. The topological polar surface area (TPSA) is 92.5 Å². The zero-order chi connectivity index (χ0) is 32.6. The Morgan fingerprint density at radius 3 is 2.14 bits per heavy atom. The van der Waals surface area contributed by atoms with Crippen LogP contribution in [0.4, 0.5) is 26.3 Å². The average Bonchev–Trinajstić information content (AvgIpc) is 3.35. The molecule has 0 bridgehead atoms. The molecule has 3 atom stereocenters. The summed E-state index contributed by atoms with van der Waals surface area (Å²) in [6.45, 7) is 4.68. The molecule has 1 unspecified atom stereocenters. The van der Waals surface area contributed by atoms with E-state index >= 15 is 0 Å². The molecule has 2 aromatic rings. The SMILES string of the molecule is CC1(C(=O)O)CCC(n2ncc(C(=O)N(CC(=O)c3c(Cl)cccc3C(F)(F)F)C3C[C@@H]4[C@H](C3)C4(C)C)c2C(F)(F)F)CC1. The van der Waals surface area contributed by atoms with Gasteiger partial charge in [-0.1, -0.05) is 31.5 Å². The van der Waals surface area contributed by atoms with E-state index in [0.29, 0.717) is 23.6 Å². The van der Waals surface area contributed by atoms with Gasteiger partial charge in [0.1, 0.15) is 0 Å². The predicted molar refractivity (Wildman–Crippen MR) is 146 cm³/mol. The summed E-state index contributed by atoms with van der Waals surface area (Å²) in [6, 6.07) is 1.32. The molecule has 0 spiro atoms. The molecule has 1 amide bonds. The fraction of sp³-hybridized carbons (Fsp3) is 0.600. The van der Waals surface area contributed by atoms with Crippen LogP contribution < -0.4 is 0 Å². The Balaban J connectivity index is 1.50. The average molecular weight is 648 g/mol. The van der Waals surface area contributed by atoms with E-state index in [9.17, 15) is 45.8 Å². The number of rotatable bonds is 7. The van der Waals surface area contributed by atoms with Gasteiger partial charge < -0.3 is 10.0 Å². The van der Waals surface area contributed by atoms with E-state index in [1.807, 2.05) is 13.8 Å². The summed E-state index contributed by atoms with van der Waals surface area (Å²) < 4.78 is 85.8. The van der Waals surface area contributed by atoms with Gasteiger partial charge in [0.2, 0.25) is 0 Å². The molecule has 3 aliphatic rings. The molecule has 240 valence electrons. The maximum Gasteiger partial charge on any atom is 0.433 e. The molecule has 3 saturated carbocycles. The van der Waals surface area contributed by atoms with Gasteiger partial charge in [0.05, 0.1) is 45.9 Å². The Hall–Kier alpha value is -3.09. The van der Waals surface area contributed by atoms with Crippen molar-refractivity contribution in [3.05, 3.63) is 51.8 Å². The predicted octanol–water partition coefficient (Wildman–Crippen LogP) is 7.54. The first-order valence-corrected chi connectivity index (χ1v) is 14.7. The van der Waals surface area contributed by atoms with Crippen molar-refractivity contribution >= 4 is 29.3 Å². The Morgan fingerprint density at radius 1 is 1.02 bits per heavy atom. The lowest BCUT2D eigenvalue weighted by atomic mass is 9.74. The number of carbonyl (C=O) groups excluding carboxylic acids is 2. The maximum absolute atomic E-state index is 14.6. The van der Waals surface area contributed by atoms with E-state index < -0.39 is 81.5 Å². The number of hydrogen-bond donors (Lipinski definition) is 1. The summed E-state index contributed by atoms with van der Waals surface area (Å²) in [6.07, 6.45) is -8.06. The van der Waals surface area contributed by atoms with Gasteiger partial charge in [-0.05, 0) is 74.8 Å². The molecule has 0 aliphatic heterocycles. The van der Waals surface area contributed by atoms with Gasteiger partial charge in [0.25, 0.3) is 5.91 Å². The Morgan fingerprint density at radius 2 is 1.61 bits per heavy atom. The number of alkyl halides is 6. The van der Waals surface area contributed by atoms with Gasteiger partial charge in [-0.25, -0.2) is 0 Å². The van der Waals surface area contributed by atoms with Crippen LogP contribution in [0.25, 0.3) is 0 Å². The number of aromatic nitrogens is 2. The van der Waals surface area contributed by atoms with E-state index in [1.54, 1.807) is 0 Å². The molecule has 5 rings (SSSR count). The van der Waals surface area contributed by atoms with Crippen molar-refractivity contribution in [2.45, 2.75) is 83.7 Å². The minimum Gasteiger partial charge on any atom is -0.481 e. The van der Waals surface area contributed by atoms with E-state index in [4.69, 9.17) is 11.6 Å². The first kappa shape index (κ1) is 32.3. The van der Waals surface area contributed by atoms with Crippen molar-refractivity contribution in [2.75, 3.05) is 6.54 Å². The molecule has 0 saturated heterocycles. The molecule has 14 heteroatoms. The lowest BCUT2D eigenvalue weighted by Gasteiger charge is -2.35. The highest BCUT2D eigenvalue weighted by Crippen LogP contribution is 2.67. The number of benzene rings is 1. The zero-order valence-corrected chi connectivity index (χ0v) is 25.0. The fourth-order valence-corrected chi connectivity index (χ4v) is 7.59. The summed E-state index contributed by atoms with van der Waals surface area (Å²) >= 11 is 6.03. The van der Waals surface area contributed by atoms with E-state index in [-0.39, 0.29) is 42.9 Å². The summed E-state index contributed by atoms with van der Waals surface area (Å²) in [5.41, 5.74) is -5.43. The van der Waals surface area contributed by atoms with Crippen LogP contribution in [0.2, 0.25) is 5.02 Å². The highest BCUT2D eigenvalue weighted by Gasteiger charge is 2.63. The first-order valence-electron chi connectivity index (χ1n) is 14.4. The second-order valence-corrected chi connectivity index (χ2v) is 13.5. The van der Waals surface area contributed by atoms with Gasteiger partial charge in [0.15, 0.2) is 11.5 Å². The minimum atomic E-state index is -5.04. The van der Waals surface area contributed by atoms with Crippen LogP contribution in [0, 0.1) is 22.7 Å². The Bertz CT molecular complexity index is 1480. The lowest BCUT2D eigenvalue weighted by molar-refractivity contribution is -0.152. The Labute approximate surface area is 254 Å². The van der Waals surface area contributed by atoms with Crippen LogP contribution in [-0.2, 0) is 17.1 Å². The van der Waals surface area contributed by atoms with Crippen molar-refractivity contribution in [1.82, 2.24) is 14.7 Å². The maximum atomic E-state index is 14.6. The molecule has 7 nitrogen and oxygen atoms in total. The second-order valence-electron chi connectivity index (χ2n) is 13.1. The number of nitrogens with zero attached hydrogens (tertiary/aromatic N) is 3. The highest BCUT2D eigenvalue weighted by molar-refractivity contribution is 6.34. The van der Waals surface area contributed by atoms with Crippen molar-refractivity contribution in [2.24, 2.45) is 22.7 Å². The largest absolute Gasteiger partial charge is 0.481 e. The smallest absolute Gasteiger partial charge is 0.433 e. The molecule has 1 N–H and O–H groups in total. The monoisotopic (exact) mass is 647 g/mol. The molecular formula is C30H32ClF6N3O4. The van der Waals surface area contributed by atoms with E-state index in [2.05, 4.69) is 5.10 Å². The van der Waals surface area contributed by atoms with E-state index in [0.717, 1.165) is 23.2 Å². The number of carboxylic acid groups (broad SMARTS) is 1. The number of Topliss-reactive ketones (excluding diaryl/α,β-unsaturated/α-hetero) is 1. The van der Waals surface area contributed by atoms with Crippen molar-refractivity contribution in [3.63, 3.8) is 0 Å². The van der Waals surface area contributed by atoms with Crippen LogP contribution in [0.3, 0.4) is 0 Å². The summed E-state index contributed by atoms with van der Waals surface area (Å²) in [7, 11) is 0. The van der Waals surface area contributed by atoms with Crippen LogP contribution in [0.15, 0.2) is 24.4 Å². The third-order valence-electron chi connectivity index (χ3n) is 10.2. The Kier molecular flexibility index (Phi) is 7.91. The lowest BCUT2D eigenvalue weighted by Crippen LogP contribution is -2.44. The highest BCUT2D eigenvalue weighted by atomic mass is 35.5. The van der Waals surface area contributed by atoms with Gasteiger partial charge in [-0.15, -0.1) is 0 Å². The van der Waals surface area contributed by atoms with Crippen molar-refractivity contribution < 1.29 is 45.8 Å². The quantitative estimate of drug-likeness (QED) is 0.248. The van der Waals surface area contributed by atoms with Crippen LogP contribution in [-0.4, -0.2) is 50.0 Å². The van der Waals surface area contributed by atoms with E-state index in [1.165, 1.54) is 6.92 Å². The zero-order valence-electron chi connectivity index (χ0n) is 24.2. The van der Waals surface area contributed by atoms with Gasteiger partial charge in [-0.3, -0.25) is 19.1 Å².